The van der Waals surface area contributed by atoms with E-state index in [-0.39, 0.29) is 16.8 Å². The summed E-state index contributed by atoms with van der Waals surface area (Å²) in [5, 5.41) is 3.05. The third-order valence-electron chi connectivity index (χ3n) is 4.05. The summed E-state index contributed by atoms with van der Waals surface area (Å²) in [5.74, 6) is -0.153. The molecule has 3 rings (SSSR count). The van der Waals surface area contributed by atoms with Crippen LogP contribution in [-0.4, -0.2) is 23.5 Å². The number of hydrogen-bond acceptors (Lipinski definition) is 4. The van der Waals surface area contributed by atoms with Gasteiger partial charge in [-0.1, -0.05) is 41.9 Å². The number of pyridine rings is 1. The van der Waals surface area contributed by atoms with E-state index in [1.54, 1.807) is 31.2 Å². The largest absolute Gasteiger partial charge is 0.481 e. The van der Waals surface area contributed by atoms with Crippen LogP contribution in [-0.2, 0) is 11.2 Å². The fourth-order valence-electron chi connectivity index (χ4n) is 2.55. The van der Waals surface area contributed by atoms with Crippen molar-refractivity contribution in [1.29, 1.82) is 0 Å². The van der Waals surface area contributed by atoms with Gasteiger partial charge in [0.15, 0.2) is 11.9 Å². The van der Waals surface area contributed by atoms with Crippen LogP contribution < -0.4 is 14.8 Å². The van der Waals surface area contributed by atoms with Crippen molar-refractivity contribution in [3.8, 4) is 17.4 Å². The minimum absolute atomic E-state index is 0.172. The molecule has 5 nitrogen and oxygen atoms in total. The number of carbonyl (C=O) groups is 1. The molecule has 0 unspecified atom stereocenters. The Hall–Kier alpha value is -3.12. The van der Waals surface area contributed by atoms with Crippen molar-refractivity contribution in [3.63, 3.8) is 0 Å². The SMILES string of the molecule is C[C@@H](Oc1ccc(Oc2ncc(Cl)cc2F)cc1)C(=O)NCCc1ccccc1. The molecular formula is C22H20ClFN2O3. The standard InChI is InChI=1S/C22H20ClFN2O3/c1-15(21(27)25-12-11-16-5-3-2-4-6-16)28-18-7-9-19(10-8-18)29-22-20(24)13-17(23)14-26-22/h2-10,13-15H,11-12H2,1H3,(H,25,27)/t15-/m1/s1. The van der Waals surface area contributed by atoms with E-state index in [0.717, 1.165) is 18.1 Å². The van der Waals surface area contributed by atoms with Crippen LogP contribution in [0.4, 0.5) is 4.39 Å². The number of carbonyl (C=O) groups excluding carboxylic acids is 1. The molecule has 0 aliphatic heterocycles. The molecule has 0 radical (unpaired) electrons. The van der Waals surface area contributed by atoms with E-state index in [1.807, 2.05) is 30.3 Å². The van der Waals surface area contributed by atoms with Gasteiger partial charge in [0.2, 0.25) is 0 Å². The van der Waals surface area contributed by atoms with Crippen LogP contribution in [0, 0.1) is 5.82 Å². The molecule has 0 bridgehead atoms. The Labute approximate surface area is 173 Å². The number of aromatic nitrogens is 1. The van der Waals surface area contributed by atoms with Crippen molar-refractivity contribution in [1.82, 2.24) is 10.3 Å². The van der Waals surface area contributed by atoms with Crippen molar-refractivity contribution in [3.05, 3.63) is 83.3 Å². The second-order valence-electron chi connectivity index (χ2n) is 6.30. The fourth-order valence-corrected chi connectivity index (χ4v) is 2.70. The quantitative estimate of drug-likeness (QED) is 0.575. The summed E-state index contributed by atoms with van der Waals surface area (Å²) in [6.45, 7) is 2.21. The van der Waals surface area contributed by atoms with Gasteiger partial charge >= 0.3 is 0 Å². The van der Waals surface area contributed by atoms with Crippen LogP contribution in [0.25, 0.3) is 0 Å². The minimum Gasteiger partial charge on any atom is -0.481 e. The molecule has 0 fully saturated rings. The topological polar surface area (TPSA) is 60.5 Å². The number of amides is 1. The number of nitrogens with one attached hydrogen (secondary N) is 1. The monoisotopic (exact) mass is 414 g/mol. The van der Waals surface area contributed by atoms with Crippen LogP contribution >= 0.6 is 11.6 Å². The van der Waals surface area contributed by atoms with E-state index < -0.39 is 11.9 Å². The summed E-state index contributed by atoms with van der Waals surface area (Å²) in [7, 11) is 0. The Balaban J connectivity index is 1.48. The van der Waals surface area contributed by atoms with Crippen LogP contribution in [0.3, 0.4) is 0 Å². The van der Waals surface area contributed by atoms with Gasteiger partial charge in [0.05, 0.1) is 5.02 Å². The van der Waals surface area contributed by atoms with Crippen LogP contribution in [0.15, 0.2) is 66.9 Å². The van der Waals surface area contributed by atoms with Crippen molar-refractivity contribution in [2.45, 2.75) is 19.4 Å². The summed E-state index contributed by atoms with van der Waals surface area (Å²) in [4.78, 5) is 16.0. The van der Waals surface area contributed by atoms with Crippen molar-refractivity contribution >= 4 is 17.5 Å². The lowest BCUT2D eigenvalue weighted by atomic mass is 10.1. The summed E-state index contributed by atoms with van der Waals surface area (Å²) >= 11 is 5.67. The maximum absolute atomic E-state index is 13.7. The molecule has 1 atom stereocenters. The predicted octanol–water partition coefficient (Wildman–Crippen LogP) is 4.79. The first-order valence-corrected chi connectivity index (χ1v) is 9.46. The number of ether oxygens (including phenoxy) is 2. The summed E-state index contributed by atoms with van der Waals surface area (Å²) in [6.07, 6.45) is 1.39. The predicted molar refractivity (Wildman–Crippen MR) is 109 cm³/mol. The van der Waals surface area contributed by atoms with Crippen LogP contribution in [0.5, 0.6) is 17.4 Å². The van der Waals surface area contributed by atoms with Gasteiger partial charge in [0, 0.05) is 12.7 Å². The zero-order valence-corrected chi connectivity index (χ0v) is 16.5. The zero-order chi connectivity index (χ0) is 20.6. The molecule has 1 N–H and O–H groups in total. The average molecular weight is 415 g/mol. The molecule has 0 aliphatic carbocycles. The third kappa shape index (κ3) is 6.19. The Bertz CT molecular complexity index is 952. The molecule has 1 heterocycles. The number of nitrogens with zero attached hydrogens (tertiary/aromatic N) is 1. The second-order valence-corrected chi connectivity index (χ2v) is 6.74. The van der Waals surface area contributed by atoms with Gasteiger partial charge < -0.3 is 14.8 Å². The molecule has 0 spiro atoms. The second kappa shape index (κ2) is 9.89. The highest BCUT2D eigenvalue weighted by molar-refractivity contribution is 6.30. The lowest BCUT2D eigenvalue weighted by molar-refractivity contribution is -0.127. The Morgan fingerprint density at radius 3 is 2.52 bits per heavy atom. The van der Waals surface area contributed by atoms with Gasteiger partial charge in [0.25, 0.3) is 11.8 Å². The Morgan fingerprint density at radius 1 is 1.14 bits per heavy atom. The van der Waals surface area contributed by atoms with Gasteiger partial charge in [0.1, 0.15) is 11.5 Å². The number of benzene rings is 2. The zero-order valence-electron chi connectivity index (χ0n) is 15.8. The number of halogens is 2. The van der Waals surface area contributed by atoms with Crippen molar-refractivity contribution < 1.29 is 18.7 Å². The highest BCUT2D eigenvalue weighted by Gasteiger charge is 2.14. The fraction of sp³-hybridized carbons (Fsp3) is 0.182. The molecule has 0 aliphatic rings. The van der Waals surface area contributed by atoms with E-state index in [0.29, 0.717) is 18.0 Å². The third-order valence-corrected chi connectivity index (χ3v) is 4.26. The van der Waals surface area contributed by atoms with E-state index in [9.17, 15) is 9.18 Å². The molecule has 29 heavy (non-hydrogen) atoms. The maximum Gasteiger partial charge on any atom is 0.260 e. The molecule has 3 aromatic rings. The average Bonchev–Trinajstić information content (AvgIpc) is 2.72. The minimum atomic E-state index is -0.659. The van der Waals surface area contributed by atoms with E-state index in [1.165, 1.54) is 6.20 Å². The summed E-state index contributed by atoms with van der Waals surface area (Å²) < 4.78 is 24.8. The van der Waals surface area contributed by atoms with Gasteiger partial charge in [-0.25, -0.2) is 9.37 Å². The molecular weight excluding hydrogens is 395 g/mol. The molecule has 1 amide bonds. The van der Waals surface area contributed by atoms with Crippen molar-refractivity contribution in [2.24, 2.45) is 0 Å². The normalized spacial score (nSPS) is 11.6. The van der Waals surface area contributed by atoms with Gasteiger partial charge in [-0.05, 0) is 49.2 Å². The Morgan fingerprint density at radius 2 is 1.83 bits per heavy atom. The molecule has 150 valence electrons. The van der Waals surface area contributed by atoms with E-state index in [4.69, 9.17) is 21.1 Å². The summed E-state index contributed by atoms with van der Waals surface area (Å²) in [5.41, 5.74) is 1.16. The highest BCUT2D eigenvalue weighted by atomic mass is 35.5. The van der Waals surface area contributed by atoms with E-state index in [2.05, 4.69) is 10.3 Å². The first-order valence-electron chi connectivity index (χ1n) is 9.08. The molecule has 2 aromatic carbocycles. The van der Waals surface area contributed by atoms with Crippen molar-refractivity contribution in [2.75, 3.05) is 6.54 Å². The van der Waals surface area contributed by atoms with Crippen LogP contribution in [0.2, 0.25) is 5.02 Å². The van der Waals surface area contributed by atoms with Gasteiger partial charge in [-0.3, -0.25) is 4.79 Å². The van der Waals surface area contributed by atoms with Crippen LogP contribution in [0.1, 0.15) is 12.5 Å². The van der Waals surface area contributed by atoms with E-state index >= 15 is 0 Å². The smallest absolute Gasteiger partial charge is 0.260 e. The molecule has 7 heteroatoms. The lowest BCUT2D eigenvalue weighted by Gasteiger charge is -2.15. The molecule has 1 aromatic heterocycles. The first-order chi connectivity index (χ1) is 14.0. The maximum atomic E-state index is 13.7. The van der Waals surface area contributed by atoms with Gasteiger partial charge in [-0.2, -0.15) is 0 Å². The summed E-state index contributed by atoms with van der Waals surface area (Å²) in [6, 6.07) is 17.5. The Kier molecular flexibility index (Phi) is 7.03. The molecule has 0 saturated heterocycles. The molecule has 0 saturated carbocycles. The number of hydrogen-bond donors (Lipinski definition) is 1. The first kappa shape index (κ1) is 20.6. The van der Waals surface area contributed by atoms with Gasteiger partial charge in [-0.15, -0.1) is 0 Å². The highest BCUT2D eigenvalue weighted by Crippen LogP contribution is 2.26. The lowest BCUT2D eigenvalue weighted by Crippen LogP contribution is -2.37. The number of rotatable bonds is 8.